The van der Waals surface area contributed by atoms with E-state index in [4.69, 9.17) is 17.3 Å². The summed E-state index contributed by atoms with van der Waals surface area (Å²) in [5.74, 6) is 0.817. The summed E-state index contributed by atoms with van der Waals surface area (Å²) in [5.41, 5.74) is 7.49. The van der Waals surface area contributed by atoms with Gasteiger partial charge in [0.1, 0.15) is 5.82 Å². The summed E-state index contributed by atoms with van der Waals surface area (Å²) in [5, 5.41) is 0.710. The van der Waals surface area contributed by atoms with Crippen molar-refractivity contribution in [2.75, 3.05) is 6.54 Å². The predicted octanol–water partition coefficient (Wildman–Crippen LogP) is 2.62. The van der Waals surface area contributed by atoms with Gasteiger partial charge in [0.15, 0.2) is 0 Å². The van der Waals surface area contributed by atoms with E-state index in [0.717, 1.165) is 29.9 Å². The molecule has 0 unspecified atom stereocenters. The van der Waals surface area contributed by atoms with E-state index in [-0.39, 0.29) is 0 Å². The minimum Gasteiger partial charge on any atom is -0.342 e. The lowest BCUT2D eigenvalue weighted by Crippen LogP contribution is -2.00. The van der Waals surface area contributed by atoms with Gasteiger partial charge in [0.2, 0.25) is 0 Å². The van der Waals surface area contributed by atoms with Crippen LogP contribution in [0.25, 0.3) is 11.4 Å². The molecule has 0 aliphatic rings. The van der Waals surface area contributed by atoms with E-state index < -0.39 is 0 Å². The van der Waals surface area contributed by atoms with Gasteiger partial charge in [0.05, 0.1) is 5.02 Å². The highest BCUT2D eigenvalue weighted by Gasteiger charge is 2.06. The Morgan fingerprint density at radius 2 is 2.12 bits per heavy atom. The Kier molecular flexibility index (Phi) is 3.59. The molecule has 0 atom stereocenters. The van der Waals surface area contributed by atoms with Crippen LogP contribution in [0.2, 0.25) is 5.02 Å². The number of nitrogens with one attached hydrogen (secondary N) is 1. The summed E-state index contributed by atoms with van der Waals surface area (Å²) in [6.07, 6.45) is 3.73. The number of aryl methyl sites for hydroxylation is 1. The Morgan fingerprint density at radius 1 is 1.31 bits per heavy atom. The molecule has 0 aliphatic heterocycles. The van der Waals surface area contributed by atoms with Crippen molar-refractivity contribution in [2.24, 2.45) is 5.73 Å². The minimum atomic E-state index is 0.695. The second kappa shape index (κ2) is 5.14. The van der Waals surface area contributed by atoms with Crippen LogP contribution in [0.15, 0.2) is 30.5 Å². The summed E-state index contributed by atoms with van der Waals surface area (Å²) in [7, 11) is 0. The number of aromatic amines is 1. The van der Waals surface area contributed by atoms with E-state index >= 15 is 0 Å². The third-order valence-corrected chi connectivity index (χ3v) is 2.74. The van der Waals surface area contributed by atoms with Crippen molar-refractivity contribution in [3.05, 3.63) is 41.2 Å². The molecule has 4 heteroatoms. The fourth-order valence-electron chi connectivity index (χ4n) is 1.57. The van der Waals surface area contributed by atoms with Crippen molar-refractivity contribution in [1.82, 2.24) is 9.97 Å². The lowest BCUT2D eigenvalue weighted by atomic mass is 10.2. The first-order valence-electron chi connectivity index (χ1n) is 5.30. The van der Waals surface area contributed by atoms with E-state index in [1.807, 2.05) is 30.5 Å². The van der Waals surface area contributed by atoms with Gasteiger partial charge in [-0.1, -0.05) is 23.7 Å². The first-order chi connectivity index (χ1) is 7.81. The summed E-state index contributed by atoms with van der Waals surface area (Å²) < 4.78 is 0. The number of hydrogen-bond donors (Lipinski definition) is 2. The van der Waals surface area contributed by atoms with E-state index in [0.29, 0.717) is 11.6 Å². The molecule has 1 aromatic heterocycles. The van der Waals surface area contributed by atoms with Crippen molar-refractivity contribution in [3.63, 3.8) is 0 Å². The van der Waals surface area contributed by atoms with Crippen molar-refractivity contribution in [2.45, 2.75) is 12.8 Å². The van der Waals surface area contributed by atoms with Gasteiger partial charge in [-0.2, -0.15) is 0 Å². The van der Waals surface area contributed by atoms with E-state index in [1.165, 1.54) is 0 Å². The molecule has 0 radical (unpaired) electrons. The largest absolute Gasteiger partial charge is 0.342 e. The highest BCUT2D eigenvalue weighted by molar-refractivity contribution is 6.33. The van der Waals surface area contributed by atoms with Crippen LogP contribution in [0.1, 0.15) is 12.1 Å². The lowest BCUT2D eigenvalue weighted by molar-refractivity contribution is 0.816. The topological polar surface area (TPSA) is 54.7 Å². The first-order valence-corrected chi connectivity index (χ1v) is 5.68. The predicted molar refractivity (Wildman–Crippen MR) is 66.4 cm³/mol. The van der Waals surface area contributed by atoms with E-state index in [1.54, 1.807) is 0 Å². The van der Waals surface area contributed by atoms with Crippen LogP contribution < -0.4 is 5.73 Å². The van der Waals surface area contributed by atoms with Crippen LogP contribution in [0.5, 0.6) is 0 Å². The highest BCUT2D eigenvalue weighted by atomic mass is 35.5. The molecule has 2 aromatic rings. The molecule has 3 nitrogen and oxygen atoms in total. The van der Waals surface area contributed by atoms with Gasteiger partial charge < -0.3 is 10.7 Å². The Balaban J connectivity index is 2.22. The molecular formula is C12H14ClN3. The van der Waals surface area contributed by atoms with Crippen molar-refractivity contribution in [1.29, 1.82) is 0 Å². The van der Waals surface area contributed by atoms with Gasteiger partial charge in [-0.25, -0.2) is 4.98 Å². The third kappa shape index (κ3) is 2.43. The smallest absolute Gasteiger partial charge is 0.138 e. The first kappa shape index (κ1) is 11.2. The van der Waals surface area contributed by atoms with Gasteiger partial charge in [-0.3, -0.25) is 0 Å². The lowest BCUT2D eigenvalue weighted by Gasteiger charge is -1.99. The van der Waals surface area contributed by atoms with Gasteiger partial charge in [-0.05, 0) is 31.5 Å². The fraction of sp³-hybridized carbons (Fsp3) is 0.250. The number of rotatable bonds is 4. The molecule has 1 heterocycles. The molecule has 16 heavy (non-hydrogen) atoms. The third-order valence-electron chi connectivity index (χ3n) is 2.41. The molecule has 0 amide bonds. The number of nitrogens with two attached hydrogens (primary N) is 1. The Morgan fingerprint density at radius 3 is 2.88 bits per heavy atom. The molecule has 84 valence electrons. The fourth-order valence-corrected chi connectivity index (χ4v) is 1.79. The zero-order valence-electron chi connectivity index (χ0n) is 8.91. The van der Waals surface area contributed by atoms with E-state index in [2.05, 4.69) is 9.97 Å². The van der Waals surface area contributed by atoms with Crippen LogP contribution in [0, 0.1) is 0 Å². The maximum absolute atomic E-state index is 6.09. The maximum atomic E-state index is 6.09. The number of halogens is 1. The summed E-state index contributed by atoms with van der Waals surface area (Å²) in [4.78, 5) is 7.57. The number of aromatic nitrogens is 2. The van der Waals surface area contributed by atoms with Crippen LogP contribution >= 0.6 is 11.6 Å². The molecular weight excluding hydrogens is 222 g/mol. The normalized spacial score (nSPS) is 10.6. The van der Waals surface area contributed by atoms with Crippen molar-refractivity contribution < 1.29 is 0 Å². The molecule has 0 saturated heterocycles. The average molecular weight is 236 g/mol. The van der Waals surface area contributed by atoms with Crippen LogP contribution in [-0.2, 0) is 6.42 Å². The summed E-state index contributed by atoms with van der Waals surface area (Å²) in [6, 6.07) is 7.67. The number of H-pyrrole nitrogens is 1. The molecule has 0 fully saturated rings. The van der Waals surface area contributed by atoms with Crippen molar-refractivity contribution >= 4 is 11.6 Å². The Hall–Kier alpha value is -1.32. The maximum Gasteiger partial charge on any atom is 0.138 e. The van der Waals surface area contributed by atoms with Gasteiger partial charge in [0, 0.05) is 17.5 Å². The van der Waals surface area contributed by atoms with Gasteiger partial charge >= 0.3 is 0 Å². The minimum absolute atomic E-state index is 0.695. The molecule has 0 bridgehead atoms. The van der Waals surface area contributed by atoms with E-state index in [9.17, 15) is 0 Å². The summed E-state index contributed by atoms with van der Waals surface area (Å²) >= 11 is 6.09. The van der Waals surface area contributed by atoms with Crippen LogP contribution in [-0.4, -0.2) is 16.5 Å². The van der Waals surface area contributed by atoms with Crippen LogP contribution in [0.3, 0.4) is 0 Å². The number of benzene rings is 1. The molecule has 0 saturated carbocycles. The number of imidazole rings is 1. The second-order valence-corrected chi connectivity index (χ2v) is 4.04. The Bertz CT molecular complexity index is 465. The molecule has 0 spiro atoms. The van der Waals surface area contributed by atoms with Gasteiger partial charge in [-0.15, -0.1) is 0 Å². The second-order valence-electron chi connectivity index (χ2n) is 3.63. The van der Waals surface area contributed by atoms with Crippen molar-refractivity contribution in [3.8, 4) is 11.4 Å². The van der Waals surface area contributed by atoms with Gasteiger partial charge in [0.25, 0.3) is 0 Å². The quantitative estimate of drug-likeness (QED) is 0.856. The average Bonchev–Trinajstić information content (AvgIpc) is 2.75. The standard InChI is InChI=1S/C12H14ClN3/c13-11-6-2-1-5-10(11)12-15-8-9(16-12)4-3-7-14/h1-2,5-6,8H,3-4,7,14H2,(H,15,16). The zero-order chi connectivity index (χ0) is 11.4. The molecule has 1 aromatic carbocycles. The number of nitrogens with zero attached hydrogens (tertiary/aromatic N) is 1. The molecule has 2 rings (SSSR count). The Labute approximate surface area is 99.7 Å². The summed E-state index contributed by atoms with van der Waals surface area (Å²) in [6.45, 7) is 0.695. The van der Waals surface area contributed by atoms with Crippen LogP contribution in [0.4, 0.5) is 0 Å². The molecule has 3 N–H and O–H groups in total. The SMILES string of the molecule is NCCCc1cnc(-c2ccccc2Cl)[nH]1. The highest BCUT2D eigenvalue weighted by Crippen LogP contribution is 2.24. The number of hydrogen-bond acceptors (Lipinski definition) is 2. The monoisotopic (exact) mass is 235 g/mol. The zero-order valence-corrected chi connectivity index (χ0v) is 9.67. The molecule has 0 aliphatic carbocycles.